The van der Waals surface area contributed by atoms with E-state index in [1.165, 1.54) is 9.58 Å². The van der Waals surface area contributed by atoms with E-state index in [0.29, 0.717) is 34.2 Å². The van der Waals surface area contributed by atoms with Gasteiger partial charge in [0.2, 0.25) is 11.8 Å². The van der Waals surface area contributed by atoms with Gasteiger partial charge >= 0.3 is 0 Å². The van der Waals surface area contributed by atoms with Crippen molar-refractivity contribution in [1.82, 2.24) is 19.7 Å². The SMILES string of the molecule is NC(=O)c1nn(CC(=O)N(CC(=O)Nc2cccc(Br)n2)C2CC(N)C2)c2ccccc12. The highest BCUT2D eigenvalue weighted by Crippen LogP contribution is 2.25. The number of hydrogen-bond donors (Lipinski definition) is 3. The third-order valence-corrected chi connectivity index (χ3v) is 5.83. The lowest BCUT2D eigenvalue weighted by Crippen LogP contribution is -2.55. The van der Waals surface area contributed by atoms with Gasteiger partial charge in [0.15, 0.2) is 5.69 Å². The Morgan fingerprint density at radius 3 is 2.59 bits per heavy atom. The van der Waals surface area contributed by atoms with E-state index < -0.39 is 5.91 Å². The molecule has 4 rings (SSSR count). The molecular weight excluding hydrogens is 478 g/mol. The monoisotopic (exact) mass is 499 g/mol. The van der Waals surface area contributed by atoms with E-state index in [0.717, 1.165) is 0 Å². The van der Waals surface area contributed by atoms with Gasteiger partial charge in [-0.05, 0) is 47.0 Å². The van der Waals surface area contributed by atoms with Crippen LogP contribution in [0.15, 0.2) is 47.1 Å². The van der Waals surface area contributed by atoms with Crippen molar-refractivity contribution < 1.29 is 14.4 Å². The molecule has 2 heterocycles. The summed E-state index contributed by atoms with van der Waals surface area (Å²) >= 11 is 3.26. The van der Waals surface area contributed by atoms with Crippen LogP contribution in [0.2, 0.25) is 0 Å². The predicted octanol–water partition coefficient (Wildman–Crippen LogP) is 1.25. The van der Waals surface area contributed by atoms with Crippen LogP contribution in [-0.2, 0) is 16.1 Å². The van der Waals surface area contributed by atoms with Crippen molar-refractivity contribution in [2.45, 2.75) is 31.5 Å². The van der Waals surface area contributed by atoms with Gasteiger partial charge in [-0.3, -0.25) is 19.1 Å². The molecule has 0 saturated heterocycles. The third kappa shape index (κ3) is 4.63. The number of hydrogen-bond acceptors (Lipinski definition) is 6. The van der Waals surface area contributed by atoms with Gasteiger partial charge in [0.1, 0.15) is 23.5 Å². The lowest BCUT2D eigenvalue weighted by Gasteiger charge is -2.41. The van der Waals surface area contributed by atoms with Gasteiger partial charge in [-0.15, -0.1) is 0 Å². The quantitative estimate of drug-likeness (QED) is 0.416. The summed E-state index contributed by atoms with van der Waals surface area (Å²) in [5.41, 5.74) is 12.1. The Bertz CT molecular complexity index is 1190. The van der Waals surface area contributed by atoms with E-state index in [2.05, 4.69) is 31.3 Å². The minimum atomic E-state index is -0.671. The van der Waals surface area contributed by atoms with Crippen molar-refractivity contribution in [3.63, 3.8) is 0 Å². The number of nitrogens with one attached hydrogen (secondary N) is 1. The lowest BCUT2D eigenvalue weighted by molar-refractivity contribution is -0.139. The molecule has 5 N–H and O–H groups in total. The number of pyridine rings is 1. The Balaban J connectivity index is 1.53. The van der Waals surface area contributed by atoms with E-state index in [-0.39, 0.29) is 42.7 Å². The maximum absolute atomic E-state index is 13.2. The van der Waals surface area contributed by atoms with Crippen molar-refractivity contribution in [2.75, 3.05) is 11.9 Å². The molecule has 1 saturated carbocycles. The molecule has 166 valence electrons. The Labute approximate surface area is 192 Å². The maximum atomic E-state index is 13.2. The van der Waals surface area contributed by atoms with Gasteiger partial charge in [-0.1, -0.05) is 24.3 Å². The van der Waals surface area contributed by atoms with Crippen LogP contribution in [0.3, 0.4) is 0 Å². The summed E-state index contributed by atoms with van der Waals surface area (Å²) < 4.78 is 2.03. The first-order valence-electron chi connectivity index (χ1n) is 10.0. The van der Waals surface area contributed by atoms with Gasteiger partial charge in [0.25, 0.3) is 5.91 Å². The van der Waals surface area contributed by atoms with Crippen molar-refractivity contribution in [1.29, 1.82) is 0 Å². The fourth-order valence-electron chi connectivity index (χ4n) is 3.77. The van der Waals surface area contributed by atoms with Crippen LogP contribution in [-0.4, -0.2) is 56.0 Å². The summed E-state index contributed by atoms with van der Waals surface area (Å²) in [6.07, 6.45) is 1.22. The summed E-state index contributed by atoms with van der Waals surface area (Å²) in [7, 11) is 0. The Hall–Kier alpha value is -3.31. The number of benzene rings is 1. The molecule has 11 heteroatoms. The van der Waals surface area contributed by atoms with Crippen LogP contribution in [0.1, 0.15) is 23.3 Å². The minimum Gasteiger partial charge on any atom is -0.364 e. The van der Waals surface area contributed by atoms with Crippen LogP contribution in [0.4, 0.5) is 5.82 Å². The molecule has 32 heavy (non-hydrogen) atoms. The van der Waals surface area contributed by atoms with Gasteiger partial charge in [0, 0.05) is 17.5 Å². The molecule has 0 spiro atoms. The molecule has 3 aromatic rings. The molecule has 0 aliphatic heterocycles. The first-order valence-corrected chi connectivity index (χ1v) is 10.8. The molecule has 0 radical (unpaired) electrons. The van der Waals surface area contributed by atoms with Gasteiger partial charge in [-0.25, -0.2) is 4.98 Å². The Kier molecular flexibility index (Phi) is 6.19. The molecule has 0 bridgehead atoms. The average Bonchev–Trinajstić information content (AvgIpc) is 3.09. The van der Waals surface area contributed by atoms with Crippen LogP contribution >= 0.6 is 15.9 Å². The second kappa shape index (κ2) is 9.05. The number of halogens is 1. The largest absolute Gasteiger partial charge is 0.364 e. The van der Waals surface area contributed by atoms with E-state index in [9.17, 15) is 14.4 Å². The van der Waals surface area contributed by atoms with Crippen LogP contribution < -0.4 is 16.8 Å². The highest BCUT2D eigenvalue weighted by Gasteiger charge is 2.35. The second-order valence-electron chi connectivity index (χ2n) is 7.69. The number of nitrogens with two attached hydrogens (primary N) is 2. The van der Waals surface area contributed by atoms with Crippen LogP contribution in [0, 0.1) is 0 Å². The molecule has 10 nitrogen and oxygen atoms in total. The fraction of sp³-hybridized carbons (Fsp3) is 0.286. The van der Waals surface area contributed by atoms with Gasteiger partial charge in [-0.2, -0.15) is 5.10 Å². The standard InChI is InChI=1S/C21H22BrN7O3/c22-16-6-3-7-17(25-16)26-18(30)10-28(13-8-12(23)9-13)19(31)11-29-15-5-2-1-4-14(15)20(27-29)21(24)32/h1-7,12-13H,8-11,23H2,(H2,24,32)(H,25,26,30). The lowest BCUT2D eigenvalue weighted by atomic mass is 9.86. The van der Waals surface area contributed by atoms with Crippen LogP contribution in [0.5, 0.6) is 0 Å². The summed E-state index contributed by atoms with van der Waals surface area (Å²) in [4.78, 5) is 43.3. The average molecular weight is 500 g/mol. The van der Waals surface area contributed by atoms with Gasteiger partial charge in [0.05, 0.1) is 5.52 Å². The van der Waals surface area contributed by atoms with Crippen molar-refractivity contribution in [3.8, 4) is 0 Å². The maximum Gasteiger partial charge on any atom is 0.269 e. The number of carbonyl (C=O) groups excluding carboxylic acids is 3. The second-order valence-corrected chi connectivity index (χ2v) is 8.50. The predicted molar refractivity (Wildman–Crippen MR) is 122 cm³/mol. The topological polar surface area (TPSA) is 149 Å². The summed E-state index contributed by atoms with van der Waals surface area (Å²) in [5, 5.41) is 7.52. The molecule has 1 aliphatic carbocycles. The van der Waals surface area contributed by atoms with E-state index in [1.807, 2.05) is 0 Å². The number of primary amides is 1. The smallest absolute Gasteiger partial charge is 0.269 e. The number of fused-ring (bicyclic) bond motifs is 1. The van der Waals surface area contributed by atoms with Crippen molar-refractivity contribution in [3.05, 3.63) is 52.8 Å². The number of anilines is 1. The molecule has 1 aromatic carbocycles. The van der Waals surface area contributed by atoms with E-state index in [4.69, 9.17) is 11.5 Å². The summed E-state index contributed by atoms with van der Waals surface area (Å²) in [6.45, 7) is -0.283. The molecule has 3 amide bonds. The number of para-hydroxylation sites is 1. The third-order valence-electron chi connectivity index (χ3n) is 5.38. The number of carbonyl (C=O) groups is 3. The van der Waals surface area contributed by atoms with Crippen molar-refractivity contribution >= 4 is 50.4 Å². The molecule has 1 fully saturated rings. The zero-order valence-electron chi connectivity index (χ0n) is 17.1. The number of amides is 3. The zero-order valence-corrected chi connectivity index (χ0v) is 18.7. The zero-order chi connectivity index (χ0) is 22.8. The first kappa shape index (κ1) is 21.9. The molecule has 1 aliphatic rings. The number of aromatic nitrogens is 3. The number of nitrogens with zero attached hydrogens (tertiary/aromatic N) is 4. The summed E-state index contributed by atoms with van der Waals surface area (Å²) in [6, 6.07) is 12.1. The Morgan fingerprint density at radius 1 is 1.16 bits per heavy atom. The molecular formula is C21H22BrN7O3. The fourth-order valence-corrected chi connectivity index (χ4v) is 4.11. The Morgan fingerprint density at radius 2 is 1.91 bits per heavy atom. The highest BCUT2D eigenvalue weighted by molar-refractivity contribution is 9.10. The normalized spacial score (nSPS) is 17.6. The number of rotatable bonds is 7. The van der Waals surface area contributed by atoms with E-state index >= 15 is 0 Å². The van der Waals surface area contributed by atoms with E-state index in [1.54, 1.807) is 42.5 Å². The molecule has 0 atom stereocenters. The minimum absolute atomic E-state index is 0.00268. The molecule has 0 unspecified atom stereocenters. The molecule has 2 aromatic heterocycles. The first-order chi connectivity index (χ1) is 15.3. The van der Waals surface area contributed by atoms with Crippen molar-refractivity contribution in [2.24, 2.45) is 11.5 Å². The van der Waals surface area contributed by atoms with Gasteiger partial charge < -0.3 is 21.7 Å². The highest BCUT2D eigenvalue weighted by atomic mass is 79.9. The van der Waals surface area contributed by atoms with Crippen LogP contribution in [0.25, 0.3) is 10.9 Å². The summed E-state index contributed by atoms with van der Waals surface area (Å²) in [5.74, 6) is -0.961.